The van der Waals surface area contributed by atoms with Crippen molar-refractivity contribution in [3.63, 3.8) is 0 Å². The summed E-state index contributed by atoms with van der Waals surface area (Å²) in [4.78, 5) is 0. The van der Waals surface area contributed by atoms with Gasteiger partial charge in [0.2, 0.25) is 0 Å². The molecule has 0 spiro atoms. The molecule has 6 aliphatic rings. The molecular weight excluding hydrogens is 823 g/mol. The van der Waals surface area contributed by atoms with Gasteiger partial charge in [0.05, 0.1) is 0 Å². The van der Waals surface area contributed by atoms with Gasteiger partial charge in [0.25, 0.3) is 0 Å². The van der Waals surface area contributed by atoms with Crippen LogP contribution >= 0.6 is 24.8 Å². The molecule has 0 aliphatic heterocycles. The zero-order valence-corrected chi connectivity index (χ0v) is 39.4. The van der Waals surface area contributed by atoms with E-state index >= 15 is 0 Å². The molecule has 0 aromatic heterocycles. The second-order valence-electron chi connectivity index (χ2n) is 19.2. The Kier molecular flexibility index (Phi) is 9.88. The molecule has 0 bridgehead atoms. The van der Waals surface area contributed by atoms with Crippen LogP contribution in [0.15, 0.2) is 179 Å². The van der Waals surface area contributed by atoms with Gasteiger partial charge in [-0.25, -0.2) is 0 Å². The number of benzene rings is 4. The molecule has 58 heavy (non-hydrogen) atoms. The maximum atomic E-state index is 2.83. The van der Waals surface area contributed by atoms with Crippen molar-refractivity contribution in [2.45, 2.75) is 65.4 Å². The van der Waals surface area contributed by atoms with Crippen molar-refractivity contribution in [1.29, 1.82) is 0 Å². The van der Waals surface area contributed by atoms with Gasteiger partial charge >= 0.3 is 345 Å². The van der Waals surface area contributed by atoms with Crippen LogP contribution in [-0.2, 0) is 21.3 Å². The molecule has 0 N–H and O–H groups in total. The van der Waals surface area contributed by atoms with Gasteiger partial charge in [-0.05, 0) is 0 Å². The van der Waals surface area contributed by atoms with E-state index < -0.39 is 21.3 Å². The molecule has 0 nitrogen and oxygen atoms in total. The van der Waals surface area contributed by atoms with Crippen LogP contribution < -0.4 is 0 Å². The molecule has 0 saturated heterocycles. The predicted octanol–water partition coefficient (Wildman–Crippen LogP) is 15.1. The third-order valence-electron chi connectivity index (χ3n) is 18.3. The molecule has 2 saturated carbocycles. The summed E-state index contributed by atoms with van der Waals surface area (Å²) in [6.07, 6.45) is 36.3. The van der Waals surface area contributed by atoms with E-state index in [0.717, 1.165) is 6.42 Å². The maximum Gasteiger partial charge on any atom is -0.147 e. The van der Waals surface area contributed by atoms with E-state index in [1.807, 2.05) is 0 Å². The zero-order valence-electron chi connectivity index (χ0n) is 35.3. The fraction of sp³-hybridized carbons (Fsp3) is 0.327. The van der Waals surface area contributed by atoms with Crippen LogP contribution in [0.5, 0.6) is 0 Å². The second kappa shape index (κ2) is 13.8. The first-order chi connectivity index (χ1) is 26.8. The Hall–Kier alpha value is -3.35. The topological polar surface area (TPSA) is 0 Å². The number of halogens is 2. The molecule has 4 aromatic carbocycles. The number of fused-ring (bicyclic) bond motifs is 10. The number of hydrogen-bond acceptors (Lipinski definition) is 0. The van der Waals surface area contributed by atoms with Gasteiger partial charge < -0.3 is 0 Å². The summed E-state index contributed by atoms with van der Waals surface area (Å²) in [7, 11) is 0. The average Bonchev–Trinajstić information content (AvgIpc) is 3.80. The molecule has 4 aromatic rings. The summed E-state index contributed by atoms with van der Waals surface area (Å²) < 4.78 is 3.85. The van der Waals surface area contributed by atoms with Gasteiger partial charge in [-0.3, -0.25) is 0 Å². The quantitative estimate of drug-likeness (QED) is 0.192. The van der Waals surface area contributed by atoms with Crippen LogP contribution in [0.25, 0.3) is 21.5 Å². The van der Waals surface area contributed by atoms with E-state index in [1.54, 1.807) is 12.1 Å². The molecular formula is C55H58Cl2Zr. The summed E-state index contributed by atoms with van der Waals surface area (Å²) in [5.41, 5.74) is 3.53. The van der Waals surface area contributed by atoms with Crippen LogP contribution in [0.3, 0.4) is 0 Å². The summed E-state index contributed by atoms with van der Waals surface area (Å²) in [5, 5.41) is 5.42. The predicted molar refractivity (Wildman–Crippen MR) is 251 cm³/mol. The number of rotatable bonds is 4. The molecule has 0 radical (unpaired) electrons. The SMILES string of the molecule is CC1=CC=CC2[CH]([Zr]([C]3=CC=CC3)=[C](c3cccc4ccccc34)c3cccc4ccccc34)C3(C)C4(C)C=CC=CC4(C)C4(C)C=CC=CC4(C)C3(C)C12C.Cl.Cl. The first-order valence-electron chi connectivity index (χ1n) is 21.0. The van der Waals surface area contributed by atoms with Crippen molar-refractivity contribution < 1.29 is 21.3 Å². The number of hydrogen-bond donors (Lipinski definition) is 0. The molecule has 9 unspecified atom stereocenters. The van der Waals surface area contributed by atoms with E-state index in [2.05, 4.69) is 225 Å². The minimum atomic E-state index is -3.17. The monoisotopic (exact) mass is 878 g/mol. The standard InChI is InChI=1S/C29H37.C21H14.C5H5.2ClH.Zr/c1-21-14-13-15-22-20-27(6)25(4)18-10-9-16-23(25,2)24(3)17-11-12-19-26(24,5)29(27,8)28(21,22)7;1-3-13-20-16(7-1)9-5-11-18(20)15-19-12-6-10-17-8-2-4-14-21(17)19;1-2-4-5-3-1;;;/h9-20,22H,1-8H3;1-14H;1-3H,4H2;2*1H;. The second-order valence-corrected chi connectivity index (χ2v) is 25.6. The molecule has 6 aliphatic carbocycles. The molecule has 9 atom stereocenters. The molecule has 2 fully saturated rings. The van der Waals surface area contributed by atoms with E-state index in [1.165, 1.54) is 32.7 Å². The molecule has 296 valence electrons. The van der Waals surface area contributed by atoms with Crippen molar-refractivity contribution >= 4 is 49.6 Å². The average molecular weight is 881 g/mol. The van der Waals surface area contributed by atoms with Crippen molar-refractivity contribution in [1.82, 2.24) is 0 Å². The summed E-state index contributed by atoms with van der Waals surface area (Å²) >= 11 is -3.17. The van der Waals surface area contributed by atoms with Crippen molar-refractivity contribution in [3.8, 4) is 0 Å². The first kappa shape index (κ1) is 41.4. The van der Waals surface area contributed by atoms with Crippen LogP contribution in [0.2, 0.25) is 3.63 Å². The Morgan fingerprint density at radius 2 is 1.05 bits per heavy atom. The van der Waals surface area contributed by atoms with Gasteiger partial charge in [0.15, 0.2) is 0 Å². The van der Waals surface area contributed by atoms with E-state index in [9.17, 15) is 0 Å². The molecule has 3 heteroatoms. The Morgan fingerprint density at radius 3 is 1.60 bits per heavy atom. The molecule has 0 amide bonds. The summed E-state index contributed by atoms with van der Waals surface area (Å²) in [5.74, 6) is 0.372. The molecule has 10 rings (SSSR count). The smallest absolute Gasteiger partial charge is 0.147 e. The third-order valence-corrected chi connectivity index (χ3v) is 27.4. The molecule has 0 heterocycles. The Balaban J connectivity index is 0.00000235. The van der Waals surface area contributed by atoms with Gasteiger partial charge in [-0.15, -0.1) is 24.8 Å². The maximum absolute atomic E-state index is 3.17. The largest absolute Gasteiger partial charge is 0.147 e. The Bertz CT molecular complexity index is 2570. The van der Waals surface area contributed by atoms with Crippen LogP contribution in [0.1, 0.15) is 72.9 Å². The van der Waals surface area contributed by atoms with Crippen molar-refractivity contribution in [2.24, 2.45) is 43.8 Å². The van der Waals surface area contributed by atoms with Gasteiger partial charge in [0.1, 0.15) is 0 Å². The Morgan fingerprint density at radius 1 is 0.552 bits per heavy atom. The fourth-order valence-corrected chi connectivity index (χ4v) is 26.1. The first-order valence-corrected chi connectivity index (χ1v) is 24.9. The number of allylic oxidation sites excluding steroid dienone is 16. The fourth-order valence-electron chi connectivity index (χ4n) is 14.7. The van der Waals surface area contributed by atoms with E-state index in [-0.39, 0.29) is 62.7 Å². The van der Waals surface area contributed by atoms with E-state index in [0.29, 0.717) is 9.54 Å². The summed E-state index contributed by atoms with van der Waals surface area (Å²) in [6, 6.07) is 32.7. The third kappa shape index (κ3) is 4.61. The van der Waals surface area contributed by atoms with Gasteiger partial charge in [-0.1, -0.05) is 0 Å². The van der Waals surface area contributed by atoms with Crippen molar-refractivity contribution in [3.05, 3.63) is 190 Å². The van der Waals surface area contributed by atoms with Crippen LogP contribution in [0.4, 0.5) is 0 Å². The van der Waals surface area contributed by atoms with Crippen LogP contribution in [0, 0.1) is 43.8 Å². The van der Waals surface area contributed by atoms with Gasteiger partial charge in [-0.2, -0.15) is 0 Å². The van der Waals surface area contributed by atoms with Crippen LogP contribution in [-0.4, -0.2) is 3.21 Å². The van der Waals surface area contributed by atoms with Crippen molar-refractivity contribution in [2.75, 3.05) is 0 Å². The minimum absolute atomic E-state index is 0. The van der Waals surface area contributed by atoms with Gasteiger partial charge in [0, 0.05) is 0 Å². The summed E-state index contributed by atoms with van der Waals surface area (Å²) in [6.45, 7) is 21.5. The Labute approximate surface area is 367 Å². The minimum Gasteiger partial charge on any atom is -0.147 e. The normalized spacial score (nSPS) is 37.2. The van der Waals surface area contributed by atoms with E-state index in [4.69, 9.17) is 0 Å². The zero-order chi connectivity index (χ0) is 38.9.